The van der Waals surface area contributed by atoms with Gasteiger partial charge in [-0.25, -0.2) is 33.7 Å². The number of nitrogens with zero attached hydrogens (tertiary/aromatic N) is 11. The Morgan fingerprint density at radius 2 is 0.880 bits per heavy atom. The number of piperidine rings is 3. The van der Waals surface area contributed by atoms with E-state index in [2.05, 4.69) is 61.6 Å². The van der Waals surface area contributed by atoms with Gasteiger partial charge < -0.3 is 46.4 Å². The van der Waals surface area contributed by atoms with Gasteiger partial charge in [-0.3, -0.25) is 28.6 Å². The number of aldehydes is 1. The first-order valence-corrected chi connectivity index (χ1v) is 28.4. The van der Waals surface area contributed by atoms with E-state index in [1.165, 1.54) is 26.2 Å². The number of carbonyl (C=O) groups is 7. The van der Waals surface area contributed by atoms with Crippen LogP contribution in [0.15, 0.2) is 55.4 Å². The molecule has 3 radical (unpaired) electrons. The number of ether oxygens (including phenoxy) is 3. The SMILES string of the molecule is CC(=O)OOC(C)=O.CC(C)(C)OC(=O)N1CCC(C=O)CC1.CC(C)(C)OC(=O)N1CCC(CN2CC(n3cccn3)C2)CC1.CCOC(=O)N1CCC(CN2CC(n3cccn3)C2)CC1.Cl.[B-]OC(C)=O.[Na+].c1cnn(C2CCC2)c1. The van der Waals surface area contributed by atoms with Crippen molar-refractivity contribution >= 4 is 62.9 Å². The van der Waals surface area contributed by atoms with E-state index < -0.39 is 29.1 Å². The van der Waals surface area contributed by atoms with E-state index in [-0.39, 0.29) is 66.2 Å². The molecule has 0 bridgehead atoms. The third-order valence-electron chi connectivity index (χ3n) is 13.9. The first kappa shape index (κ1) is 73.9. The van der Waals surface area contributed by atoms with Crippen molar-refractivity contribution in [2.24, 2.45) is 17.8 Å². The van der Waals surface area contributed by atoms with E-state index in [1.807, 2.05) is 114 Å². The molecule has 0 spiro atoms. The summed E-state index contributed by atoms with van der Waals surface area (Å²) in [6.45, 7) is 28.3. The largest absolute Gasteiger partial charge is 1.00 e. The molecule has 459 valence electrons. The van der Waals surface area contributed by atoms with Crippen molar-refractivity contribution in [2.75, 3.05) is 85.1 Å². The molecule has 6 fully saturated rings. The fourth-order valence-electron chi connectivity index (χ4n) is 9.39. The van der Waals surface area contributed by atoms with Crippen LogP contribution in [-0.2, 0) is 47.8 Å². The Hall–Kier alpha value is -5.21. The van der Waals surface area contributed by atoms with Crippen molar-refractivity contribution < 1.29 is 91.8 Å². The van der Waals surface area contributed by atoms with Crippen LogP contribution < -0.4 is 29.6 Å². The van der Waals surface area contributed by atoms with Gasteiger partial charge in [0.15, 0.2) is 0 Å². The third-order valence-corrected chi connectivity index (χ3v) is 13.9. The summed E-state index contributed by atoms with van der Waals surface area (Å²) in [7, 11) is 4.32. The molecule has 1 aliphatic carbocycles. The van der Waals surface area contributed by atoms with Crippen molar-refractivity contribution in [3.8, 4) is 0 Å². The second-order valence-corrected chi connectivity index (χ2v) is 23.0. The average Bonchev–Trinajstić information content (AvgIpc) is 4.38. The number of carbonyl (C=O) groups excluding carboxylic acids is 7. The molecule has 0 unspecified atom stereocenters. The number of amides is 3. The molecule has 9 rings (SSSR count). The molecule has 8 heterocycles. The van der Waals surface area contributed by atoms with E-state index in [4.69, 9.17) is 14.2 Å². The fourth-order valence-corrected chi connectivity index (χ4v) is 9.39. The maximum Gasteiger partial charge on any atom is 1.00 e. The van der Waals surface area contributed by atoms with Crippen LogP contribution in [0, 0.1) is 17.8 Å². The number of halogens is 1. The van der Waals surface area contributed by atoms with Crippen LogP contribution in [0.2, 0.25) is 0 Å². The Morgan fingerprint density at radius 1 is 0.542 bits per heavy atom. The van der Waals surface area contributed by atoms with Crippen LogP contribution >= 0.6 is 12.4 Å². The maximum atomic E-state index is 12.1. The van der Waals surface area contributed by atoms with Crippen molar-refractivity contribution in [3.05, 3.63) is 55.4 Å². The Balaban J connectivity index is 0.000000361. The first-order valence-electron chi connectivity index (χ1n) is 28.4. The van der Waals surface area contributed by atoms with Crippen molar-refractivity contribution in [3.63, 3.8) is 0 Å². The minimum Gasteiger partial charge on any atom is -0.793 e. The summed E-state index contributed by atoms with van der Waals surface area (Å²) < 4.78 is 25.5. The summed E-state index contributed by atoms with van der Waals surface area (Å²) in [4.78, 5) is 93.0. The van der Waals surface area contributed by atoms with Gasteiger partial charge in [0.1, 0.15) is 17.5 Å². The molecule has 83 heavy (non-hydrogen) atoms. The van der Waals surface area contributed by atoms with Gasteiger partial charge in [-0.1, -0.05) is 0 Å². The average molecular weight is 1200 g/mol. The van der Waals surface area contributed by atoms with Crippen LogP contribution in [-0.4, -0.2) is 201 Å². The van der Waals surface area contributed by atoms with E-state index in [9.17, 15) is 33.6 Å². The quantitative estimate of drug-likeness (QED) is 0.0940. The Labute approximate surface area is 520 Å². The topological polar surface area (TPSA) is 245 Å². The van der Waals surface area contributed by atoms with E-state index in [0.29, 0.717) is 43.6 Å². The van der Waals surface area contributed by atoms with Crippen LogP contribution in [0.25, 0.3) is 0 Å². The second-order valence-electron chi connectivity index (χ2n) is 23.0. The van der Waals surface area contributed by atoms with Crippen LogP contribution in [0.3, 0.4) is 0 Å². The first-order chi connectivity index (χ1) is 38.4. The molecule has 0 N–H and O–H groups in total. The van der Waals surface area contributed by atoms with Gasteiger partial charge in [-0.15, -0.1) is 12.4 Å². The normalized spacial score (nSPS) is 17.9. The van der Waals surface area contributed by atoms with E-state index in [1.54, 1.807) is 4.90 Å². The van der Waals surface area contributed by atoms with E-state index in [0.717, 1.165) is 130 Å². The zero-order valence-corrected chi connectivity index (χ0v) is 53.8. The molecule has 27 heteroatoms. The predicted octanol–water partition coefficient (Wildman–Crippen LogP) is 4.52. The Kier molecular flexibility index (Phi) is 33.8. The molecule has 0 aromatic carbocycles. The summed E-state index contributed by atoms with van der Waals surface area (Å²) in [6, 6.07) is 7.74. The van der Waals surface area contributed by atoms with Gasteiger partial charge in [0.2, 0.25) is 5.97 Å². The summed E-state index contributed by atoms with van der Waals surface area (Å²) in [5, 5.41) is 12.8. The van der Waals surface area contributed by atoms with Gasteiger partial charge in [0.25, 0.3) is 0 Å². The molecular weight excluding hydrogens is 1100 g/mol. The minimum atomic E-state index is -0.639. The minimum absolute atomic E-state index is 0. The van der Waals surface area contributed by atoms with Crippen LogP contribution in [0.4, 0.5) is 14.4 Å². The van der Waals surface area contributed by atoms with Gasteiger partial charge in [-0.2, -0.15) is 15.3 Å². The predicted molar refractivity (Wildman–Crippen MR) is 307 cm³/mol. The number of likely N-dealkylation sites (tertiary alicyclic amines) is 5. The smallest absolute Gasteiger partial charge is 0.793 e. The van der Waals surface area contributed by atoms with Crippen LogP contribution in [0.5, 0.6) is 0 Å². The molecule has 0 atom stereocenters. The monoisotopic (exact) mass is 1190 g/mol. The molecule has 1 saturated carbocycles. The van der Waals surface area contributed by atoms with Gasteiger partial charge in [0, 0.05) is 142 Å². The van der Waals surface area contributed by atoms with Gasteiger partial charge in [-0.05, 0) is 136 Å². The molecule has 3 amide bonds. The summed E-state index contributed by atoms with van der Waals surface area (Å²) in [5.74, 6) is -0.240. The molecule has 3 aromatic rings. The molecule has 24 nitrogen and oxygen atoms in total. The van der Waals surface area contributed by atoms with Crippen molar-refractivity contribution in [1.82, 2.24) is 53.8 Å². The van der Waals surface area contributed by atoms with E-state index >= 15 is 0 Å². The summed E-state index contributed by atoms with van der Waals surface area (Å²) >= 11 is 0. The number of rotatable bonds is 9. The molecule has 6 aliphatic rings. The maximum absolute atomic E-state index is 12.1. The Bertz CT molecular complexity index is 2290. The number of hydrogen-bond donors (Lipinski definition) is 0. The molecular formula is C56H91BClN11NaO13. The molecule has 3 aromatic heterocycles. The molecule has 5 saturated heterocycles. The van der Waals surface area contributed by atoms with Crippen molar-refractivity contribution in [2.45, 2.75) is 156 Å². The zero-order chi connectivity index (χ0) is 59.5. The summed E-state index contributed by atoms with van der Waals surface area (Å²) in [5.41, 5.74) is -0.855. The van der Waals surface area contributed by atoms with Crippen LogP contribution in [0.1, 0.15) is 145 Å². The molecule has 5 aliphatic heterocycles. The second kappa shape index (κ2) is 38.0. The van der Waals surface area contributed by atoms with Gasteiger partial charge >= 0.3 is 59.8 Å². The number of aromatic nitrogens is 6. The van der Waals surface area contributed by atoms with Gasteiger partial charge in [0.05, 0.1) is 24.7 Å². The zero-order valence-electron chi connectivity index (χ0n) is 51.0. The Morgan fingerprint density at radius 3 is 1.14 bits per heavy atom. The standard InChI is InChI=1S/C17H28N4O2.C15H24N4O2.C11H19NO3.C7H10N2.C4H6O4.C2H3BO2.ClH.Na/c1-17(2,3)23-16(22)20-9-5-14(6-10-20)11-19-12-15(13-19)21-8-4-7-18-21;1-2-21-15(20)18-8-4-13(5-9-18)10-17-11-14(12-17)19-7-3-6-16-19;1-11(2,3)15-10(14)12-6-4-9(8-13)5-7-12;1-3-7(4-1)9-6-2-5-8-9;1-3(5)7-8-4(2)6;1-2(4)5-3;;/h4,7-8,14-15H,5-6,9-13H2,1-3H3;3,6-7,13-14H,2,4-5,8-12H2,1H3;8-9H,4-7H2,1-3H3;2,5-7H,1,3-4H2;1-2H3;1H3;1H;/q;;;;;-1;;+1. The summed E-state index contributed by atoms with van der Waals surface area (Å²) in [6.07, 6.45) is 21.9. The third kappa shape index (κ3) is 29.0. The number of hydrogen-bond acceptors (Lipinski definition) is 18. The van der Waals surface area contributed by atoms with Crippen molar-refractivity contribution in [1.29, 1.82) is 0 Å². The fraction of sp³-hybridized carbons (Fsp3) is 0.714.